The second kappa shape index (κ2) is 7.92. The molecule has 0 aliphatic carbocycles. The molecular formula is C7H20N2. The van der Waals surface area contributed by atoms with E-state index in [4.69, 9.17) is 0 Å². The zero-order valence-corrected chi connectivity index (χ0v) is 6.91. The summed E-state index contributed by atoms with van der Waals surface area (Å²) in [7, 11) is 0. The maximum absolute atomic E-state index is 3.38. The summed E-state index contributed by atoms with van der Waals surface area (Å²) in [6.07, 6.45) is 2.51. The van der Waals surface area contributed by atoms with E-state index < -0.39 is 0 Å². The Hall–Kier alpha value is -0.0800. The van der Waals surface area contributed by atoms with Crippen molar-refractivity contribution in [2.45, 2.75) is 39.7 Å². The molecule has 0 atom stereocenters. The van der Waals surface area contributed by atoms with Crippen LogP contribution in [0.25, 0.3) is 0 Å². The third-order valence-corrected chi connectivity index (χ3v) is 1.48. The monoisotopic (exact) mass is 132 g/mol. The van der Waals surface area contributed by atoms with Crippen LogP contribution in [0, 0.1) is 0 Å². The molecule has 0 aromatic carbocycles. The zero-order chi connectivity index (χ0) is 6.41. The first-order chi connectivity index (χ1) is 3.85. The van der Waals surface area contributed by atoms with Crippen LogP contribution >= 0.6 is 0 Å². The summed E-state index contributed by atoms with van der Waals surface area (Å²) in [5.74, 6) is 0. The van der Waals surface area contributed by atoms with Crippen LogP contribution < -0.4 is 11.5 Å². The largest absolute Gasteiger partial charge is 0.344 e. The summed E-state index contributed by atoms with van der Waals surface area (Å²) < 4.78 is 0. The van der Waals surface area contributed by atoms with Gasteiger partial charge in [-0.25, -0.2) is 0 Å². The Bertz CT molecular complexity index is 42.2. The lowest BCUT2D eigenvalue weighted by atomic mass is 10.2. The lowest BCUT2D eigenvalue weighted by Crippen LogP contribution is -2.26. The smallest absolute Gasteiger partial charge is 0.00616 e. The van der Waals surface area contributed by atoms with Crippen LogP contribution in [-0.2, 0) is 0 Å². The Morgan fingerprint density at radius 2 is 1.56 bits per heavy atom. The topological polar surface area (TPSA) is 47.0 Å². The van der Waals surface area contributed by atoms with Crippen molar-refractivity contribution < 1.29 is 0 Å². The fourth-order valence-electron chi connectivity index (χ4n) is 0.866. The predicted molar refractivity (Wildman–Crippen MR) is 43.1 cm³/mol. The second-order valence-electron chi connectivity index (χ2n) is 2.07. The molecule has 0 radical (unpaired) electrons. The predicted octanol–water partition coefficient (Wildman–Crippen LogP) is 1.95. The van der Waals surface area contributed by atoms with Crippen molar-refractivity contribution in [1.82, 2.24) is 11.5 Å². The van der Waals surface area contributed by atoms with E-state index in [9.17, 15) is 0 Å². The average Bonchev–Trinajstić information content (AvgIpc) is 1.83. The maximum Gasteiger partial charge on any atom is 0.00616 e. The van der Waals surface area contributed by atoms with Gasteiger partial charge in [0.15, 0.2) is 0 Å². The fourth-order valence-corrected chi connectivity index (χ4v) is 0.866. The van der Waals surface area contributed by atoms with Gasteiger partial charge in [0.2, 0.25) is 0 Å². The van der Waals surface area contributed by atoms with Crippen LogP contribution in [0.4, 0.5) is 0 Å². The van der Waals surface area contributed by atoms with Crippen LogP contribution in [0.5, 0.6) is 0 Å². The minimum Gasteiger partial charge on any atom is -0.344 e. The highest BCUT2D eigenvalue weighted by molar-refractivity contribution is 4.59. The third kappa shape index (κ3) is 5.80. The minimum atomic E-state index is 0. The van der Waals surface area contributed by atoms with E-state index >= 15 is 0 Å². The third-order valence-electron chi connectivity index (χ3n) is 1.48. The van der Waals surface area contributed by atoms with E-state index in [0.29, 0.717) is 0 Å². The van der Waals surface area contributed by atoms with Gasteiger partial charge in [-0.3, -0.25) is 0 Å². The number of hydrogen-bond acceptors (Lipinski definition) is 2. The highest BCUT2D eigenvalue weighted by Crippen LogP contribution is 1.93. The Labute approximate surface area is 58.6 Å². The average molecular weight is 132 g/mol. The van der Waals surface area contributed by atoms with E-state index in [0.717, 1.165) is 12.6 Å². The highest BCUT2D eigenvalue weighted by Gasteiger charge is 1.96. The first-order valence-corrected chi connectivity index (χ1v) is 3.58. The summed E-state index contributed by atoms with van der Waals surface area (Å²) in [4.78, 5) is 0. The molecule has 0 saturated heterocycles. The molecule has 0 heterocycles. The van der Waals surface area contributed by atoms with Gasteiger partial charge in [0, 0.05) is 6.04 Å². The zero-order valence-electron chi connectivity index (χ0n) is 6.91. The molecule has 2 nitrogen and oxygen atoms in total. The van der Waals surface area contributed by atoms with Crippen LogP contribution in [0.3, 0.4) is 0 Å². The molecule has 0 aliphatic rings. The Balaban J connectivity index is 0. The van der Waals surface area contributed by atoms with E-state index in [2.05, 4.69) is 26.1 Å². The molecule has 0 bridgehead atoms. The SMILES string of the molecule is CCNC(CC)CC.N. The van der Waals surface area contributed by atoms with Crippen molar-refractivity contribution in [1.29, 1.82) is 0 Å². The van der Waals surface area contributed by atoms with E-state index in [1.54, 1.807) is 0 Å². The molecule has 0 amide bonds. The summed E-state index contributed by atoms with van der Waals surface area (Å²) in [5, 5.41) is 3.38. The standard InChI is InChI=1S/C7H17N.H3N/c1-4-7(5-2)8-6-3;/h7-8H,4-6H2,1-3H3;1H3. The van der Waals surface area contributed by atoms with Crippen molar-refractivity contribution in [2.75, 3.05) is 6.54 Å². The summed E-state index contributed by atoms with van der Waals surface area (Å²) >= 11 is 0. The number of hydrogen-bond donors (Lipinski definition) is 2. The van der Waals surface area contributed by atoms with E-state index in [-0.39, 0.29) is 6.15 Å². The Morgan fingerprint density at radius 1 is 1.11 bits per heavy atom. The molecule has 0 rings (SSSR count). The van der Waals surface area contributed by atoms with Crippen molar-refractivity contribution in [3.63, 3.8) is 0 Å². The first kappa shape index (κ1) is 11.7. The quantitative estimate of drug-likeness (QED) is 0.614. The van der Waals surface area contributed by atoms with E-state index in [1.807, 2.05) is 0 Å². The molecule has 0 fully saturated rings. The molecule has 4 N–H and O–H groups in total. The molecule has 2 heteroatoms. The fraction of sp³-hybridized carbons (Fsp3) is 1.00. The van der Waals surface area contributed by atoms with Gasteiger partial charge >= 0.3 is 0 Å². The molecule has 0 aromatic heterocycles. The van der Waals surface area contributed by atoms with Gasteiger partial charge in [-0.15, -0.1) is 0 Å². The molecule has 0 spiro atoms. The van der Waals surface area contributed by atoms with Crippen molar-refractivity contribution in [3.05, 3.63) is 0 Å². The van der Waals surface area contributed by atoms with Gasteiger partial charge in [-0.2, -0.15) is 0 Å². The summed E-state index contributed by atoms with van der Waals surface area (Å²) in [5.41, 5.74) is 0. The summed E-state index contributed by atoms with van der Waals surface area (Å²) in [6, 6.07) is 0.750. The molecule has 0 unspecified atom stereocenters. The molecule has 0 saturated carbocycles. The molecule has 0 aromatic rings. The minimum absolute atomic E-state index is 0. The number of nitrogens with one attached hydrogen (secondary N) is 1. The van der Waals surface area contributed by atoms with E-state index in [1.165, 1.54) is 12.8 Å². The van der Waals surface area contributed by atoms with Gasteiger partial charge in [-0.1, -0.05) is 20.8 Å². The molecule has 58 valence electrons. The van der Waals surface area contributed by atoms with Crippen molar-refractivity contribution in [2.24, 2.45) is 0 Å². The first-order valence-electron chi connectivity index (χ1n) is 3.58. The van der Waals surface area contributed by atoms with Crippen LogP contribution in [0.15, 0.2) is 0 Å². The lowest BCUT2D eigenvalue weighted by Gasteiger charge is -2.11. The maximum atomic E-state index is 3.38. The van der Waals surface area contributed by atoms with Crippen molar-refractivity contribution in [3.8, 4) is 0 Å². The normalized spacial score (nSPS) is 9.33. The number of rotatable bonds is 4. The molecular weight excluding hydrogens is 112 g/mol. The second-order valence-corrected chi connectivity index (χ2v) is 2.07. The molecule has 0 aliphatic heterocycles. The van der Waals surface area contributed by atoms with Gasteiger partial charge in [0.25, 0.3) is 0 Å². The van der Waals surface area contributed by atoms with Crippen LogP contribution in [-0.4, -0.2) is 12.6 Å². The van der Waals surface area contributed by atoms with Gasteiger partial charge in [0.05, 0.1) is 0 Å². The van der Waals surface area contributed by atoms with Crippen LogP contribution in [0.1, 0.15) is 33.6 Å². The summed E-state index contributed by atoms with van der Waals surface area (Å²) in [6.45, 7) is 7.69. The Kier molecular flexibility index (Phi) is 10.3. The highest BCUT2D eigenvalue weighted by atomic mass is 14.9. The lowest BCUT2D eigenvalue weighted by molar-refractivity contribution is 0.499. The van der Waals surface area contributed by atoms with Crippen LogP contribution in [0.2, 0.25) is 0 Å². The van der Waals surface area contributed by atoms with Crippen molar-refractivity contribution >= 4 is 0 Å². The van der Waals surface area contributed by atoms with Gasteiger partial charge in [0.1, 0.15) is 0 Å². The van der Waals surface area contributed by atoms with Gasteiger partial charge < -0.3 is 11.5 Å². The van der Waals surface area contributed by atoms with Gasteiger partial charge in [-0.05, 0) is 19.4 Å². The molecule has 9 heavy (non-hydrogen) atoms. The Morgan fingerprint density at radius 3 is 1.67 bits per heavy atom.